The number of halogens is 1. The van der Waals surface area contributed by atoms with Gasteiger partial charge in [-0.15, -0.1) is 0 Å². The molecule has 0 saturated carbocycles. The van der Waals surface area contributed by atoms with Crippen molar-refractivity contribution in [3.8, 4) is 11.5 Å². The van der Waals surface area contributed by atoms with Gasteiger partial charge < -0.3 is 14.6 Å². The summed E-state index contributed by atoms with van der Waals surface area (Å²) in [5, 5.41) is 10.6. The summed E-state index contributed by atoms with van der Waals surface area (Å²) in [6, 6.07) is 11.7. The highest BCUT2D eigenvalue weighted by Gasteiger charge is 2.19. The highest BCUT2D eigenvalue weighted by atomic mass is 79.9. The minimum Gasteiger partial charge on any atom is -0.495 e. The first-order chi connectivity index (χ1) is 10.1. The van der Waals surface area contributed by atoms with Gasteiger partial charge in [-0.1, -0.05) is 24.3 Å². The summed E-state index contributed by atoms with van der Waals surface area (Å²) in [7, 11) is 3.19. The van der Waals surface area contributed by atoms with Gasteiger partial charge in [0.15, 0.2) is 0 Å². The zero-order valence-electron chi connectivity index (χ0n) is 12.4. The summed E-state index contributed by atoms with van der Waals surface area (Å²) in [5.74, 6) is 1.29. The number of hydrogen-bond acceptors (Lipinski definition) is 3. The number of benzene rings is 2. The Hall–Kier alpha value is -1.52. The van der Waals surface area contributed by atoms with Crippen molar-refractivity contribution < 1.29 is 14.6 Å². The first-order valence-corrected chi connectivity index (χ1v) is 7.50. The van der Waals surface area contributed by atoms with Crippen molar-refractivity contribution >= 4 is 15.9 Å². The Morgan fingerprint density at radius 3 is 2.43 bits per heavy atom. The number of methoxy groups -OCH3 is 2. The van der Waals surface area contributed by atoms with Crippen molar-refractivity contribution in [3.05, 3.63) is 57.6 Å². The van der Waals surface area contributed by atoms with Crippen molar-refractivity contribution in [1.29, 1.82) is 0 Å². The summed E-state index contributed by atoms with van der Waals surface area (Å²) < 4.78 is 11.4. The van der Waals surface area contributed by atoms with Crippen LogP contribution in [0.3, 0.4) is 0 Å². The molecule has 0 fully saturated rings. The average molecular weight is 351 g/mol. The van der Waals surface area contributed by atoms with Crippen LogP contribution < -0.4 is 9.47 Å². The Bertz CT molecular complexity index is 625. The lowest BCUT2D eigenvalue weighted by Gasteiger charge is -2.18. The third-order valence-corrected chi connectivity index (χ3v) is 4.30. The van der Waals surface area contributed by atoms with E-state index in [4.69, 9.17) is 9.47 Å². The molecule has 0 aliphatic rings. The van der Waals surface area contributed by atoms with Crippen molar-refractivity contribution in [2.45, 2.75) is 19.4 Å². The van der Waals surface area contributed by atoms with E-state index in [0.717, 1.165) is 11.1 Å². The van der Waals surface area contributed by atoms with E-state index in [1.54, 1.807) is 14.2 Å². The quantitative estimate of drug-likeness (QED) is 0.883. The number of aliphatic hydroxyl groups is 1. The van der Waals surface area contributed by atoms with Crippen LogP contribution in [-0.2, 0) is 6.42 Å². The van der Waals surface area contributed by atoms with Crippen LogP contribution in [-0.4, -0.2) is 19.3 Å². The van der Waals surface area contributed by atoms with Gasteiger partial charge in [0.25, 0.3) is 0 Å². The Kier molecular flexibility index (Phi) is 5.26. The zero-order valence-corrected chi connectivity index (χ0v) is 14.0. The smallest absolute Gasteiger partial charge is 0.142 e. The standard InChI is InChI=1S/C17H19BrO3/c1-11-6-4-5-7-12(11)10-14(19)13-8-9-15(20-2)16(18)17(13)21-3/h4-9,14,19H,10H2,1-3H3. The molecule has 2 aromatic rings. The predicted molar refractivity (Wildman–Crippen MR) is 87.1 cm³/mol. The fraction of sp³-hybridized carbons (Fsp3) is 0.294. The summed E-state index contributed by atoms with van der Waals surface area (Å²) in [5.41, 5.74) is 3.04. The summed E-state index contributed by atoms with van der Waals surface area (Å²) >= 11 is 3.46. The molecular formula is C17H19BrO3. The van der Waals surface area contributed by atoms with Crippen LogP contribution in [0.25, 0.3) is 0 Å². The van der Waals surface area contributed by atoms with E-state index in [9.17, 15) is 5.11 Å². The molecule has 0 bridgehead atoms. The first-order valence-electron chi connectivity index (χ1n) is 6.71. The second-order valence-electron chi connectivity index (χ2n) is 4.85. The van der Waals surface area contributed by atoms with E-state index >= 15 is 0 Å². The van der Waals surface area contributed by atoms with Crippen molar-refractivity contribution in [1.82, 2.24) is 0 Å². The molecule has 0 aliphatic carbocycles. The van der Waals surface area contributed by atoms with Gasteiger partial charge in [0.1, 0.15) is 16.0 Å². The Morgan fingerprint density at radius 2 is 1.81 bits per heavy atom. The molecule has 21 heavy (non-hydrogen) atoms. The van der Waals surface area contributed by atoms with Crippen molar-refractivity contribution in [2.24, 2.45) is 0 Å². The minimum absolute atomic E-state index is 0.543. The van der Waals surface area contributed by atoms with Gasteiger partial charge in [-0.2, -0.15) is 0 Å². The molecule has 0 saturated heterocycles. The molecule has 1 atom stereocenters. The Balaban J connectivity index is 2.33. The van der Waals surface area contributed by atoms with E-state index in [2.05, 4.69) is 15.9 Å². The summed E-state index contributed by atoms with van der Waals surface area (Å²) in [4.78, 5) is 0. The highest BCUT2D eigenvalue weighted by Crippen LogP contribution is 2.40. The van der Waals surface area contributed by atoms with Gasteiger partial charge in [-0.3, -0.25) is 0 Å². The number of hydrogen-bond donors (Lipinski definition) is 1. The predicted octanol–water partition coefficient (Wildman–Crippen LogP) is 4.05. The maximum absolute atomic E-state index is 10.6. The largest absolute Gasteiger partial charge is 0.495 e. The third-order valence-electron chi connectivity index (χ3n) is 3.55. The molecular weight excluding hydrogens is 332 g/mol. The van der Waals surface area contributed by atoms with E-state index in [-0.39, 0.29) is 0 Å². The lowest BCUT2D eigenvalue weighted by molar-refractivity contribution is 0.173. The third kappa shape index (κ3) is 3.39. The minimum atomic E-state index is -0.636. The molecule has 0 spiro atoms. The lowest BCUT2D eigenvalue weighted by atomic mass is 9.97. The molecule has 0 radical (unpaired) electrons. The van der Waals surface area contributed by atoms with E-state index in [0.29, 0.717) is 22.4 Å². The van der Waals surface area contributed by atoms with E-state index in [1.807, 2.05) is 43.3 Å². The molecule has 2 rings (SSSR count). The average Bonchev–Trinajstić information content (AvgIpc) is 2.49. The van der Waals surface area contributed by atoms with E-state index < -0.39 is 6.10 Å². The Labute approximate surface area is 133 Å². The molecule has 0 amide bonds. The van der Waals surface area contributed by atoms with Gasteiger partial charge in [-0.25, -0.2) is 0 Å². The van der Waals surface area contributed by atoms with Gasteiger partial charge in [0.2, 0.25) is 0 Å². The maximum atomic E-state index is 10.6. The molecule has 3 nitrogen and oxygen atoms in total. The monoisotopic (exact) mass is 350 g/mol. The number of aliphatic hydroxyl groups excluding tert-OH is 1. The summed E-state index contributed by atoms with van der Waals surface area (Å²) in [6.45, 7) is 2.04. The van der Waals surface area contributed by atoms with Gasteiger partial charge in [0, 0.05) is 12.0 Å². The van der Waals surface area contributed by atoms with Crippen LogP contribution in [0.2, 0.25) is 0 Å². The van der Waals surface area contributed by atoms with Crippen LogP contribution in [0.5, 0.6) is 11.5 Å². The van der Waals surface area contributed by atoms with Crippen molar-refractivity contribution in [2.75, 3.05) is 14.2 Å². The molecule has 0 aliphatic heterocycles. The first kappa shape index (κ1) is 15.9. The van der Waals surface area contributed by atoms with Crippen LogP contribution in [0.4, 0.5) is 0 Å². The van der Waals surface area contributed by atoms with Gasteiger partial charge in [0.05, 0.1) is 20.3 Å². The second kappa shape index (κ2) is 6.96. The maximum Gasteiger partial charge on any atom is 0.142 e. The topological polar surface area (TPSA) is 38.7 Å². The normalized spacial score (nSPS) is 12.0. The van der Waals surface area contributed by atoms with Crippen molar-refractivity contribution in [3.63, 3.8) is 0 Å². The number of ether oxygens (including phenoxy) is 2. The molecule has 0 aromatic heterocycles. The number of aryl methyl sites for hydroxylation is 1. The second-order valence-corrected chi connectivity index (χ2v) is 5.64. The number of rotatable bonds is 5. The molecule has 0 heterocycles. The SMILES string of the molecule is COc1ccc(C(O)Cc2ccccc2C)c(OC)c1Br. The van der Waals surface area contributed by atoms with Crippen LogP contribution in [0.1, 0.15) is 22.8 Å². The fourth-order valence-corrected chi connectivity index (χ4v) is 3.02. The Morgan fingerprint density at radius 1 is 1.10 bits per heavy atom. The molecule has 4 heteroatoms. The fourth-order valence-electron chi connectivity index (χ4n) is 2.34. The highest BCUT2D eigenvalue weighted by molar-refractivity contribution is 9.10. The lowest BCUT2D eigenvalue weighted by Crippen LogP contribution is -2.06. The van der Waals surface area contributed by atoms with Crippen LogP contribution >= 0.6 is 15.9 Å². The van der Waals surface area contributed by atoms with Gasteiger partial charge in [-0.05, 0) is 46.1 Å². The molecule has 1 unspecified atom stereocenters. The van der Waals surface area contributed by atoms with Crippen LogP contribution in [0.15, 0.2) is 40.9 Å². The zero-order chi connectivity index (χ0) is 15.4. The van der Waals surface area contributed by atoms with E-state index in [1.165, 1.54) is 5.56 Å². The van der Waals surface area contributed by atoms with Gasteiger partial charge >= 0.3 is 0 Å². The molecule has 112 valence electrons. The molecule has 2 aromatic carbocycles. The summed E-state index contributed by atoms with van der Waals surface area (Å²) in [6.07, 6.45) is -0.0924. The van der Waals surface area contributed by atoms with Crippen LogP contribution in [0, 0.1) is 6.92 Å². The molecule has 1 N–H and O–H groups in total.